The first kappa shape index (κ1) is 14.1. The third-order valence-corrected chi connectivity index (χ3v) is 4.60. The summed E-state index contributed by atoms with van der Waals surface area (Å²) in [4.78, 5) is 0. The molecule has 1 aliphatic carbocycles. The van der Waals surface area contributed by atoms with Crippen molar-refractivity contribution in [3.8, 4) is 0 Å². The molecule has 0 aromatic heterocycles. The number of benzene rings is 1. The molecule has 1 fully saturated rings. The van der Waals surface area contributed by atoms with E-state index in [2.05, 4.69) is 0 Å². The lowest BCUT2D eigenvalue weighted by Gasteiger charge is -2.39. The number of rotatable bonds is 3. The molecule has 1 aromatic carbocycles. The lowest BCUT2D eigenvalue weighted by Crippen LogP contribution is -2.47. The highest BCUT2D eigenvalue weighted by atomic mass is 35.5. The van der Waals surface area contributed by atoms with Gasteiger partial charge in [-0.05, 0) is 24.5 Å². The molecule has 2 nitrogen and oxygen atoms in total. The van der Waals surface area contributed by atoms with Crippen LogP contribution >= 0.6 is 23.2 Å². The highest BCUT2D eigenvalue weighted by Gasteiger charge is 2.39. The predicted molar refractivity (Wildman–Crippen MR) is 74.4 cm³/mol. The van der Waals surface area contributed by atoms with Crippen LogP contribution in [0.1, 0.15) is 31.2 Å². The van der Waals surface area contributed by atoms with E-state index in [1.807, 2.05) is 12.1 Å². The summed E-state index contributed by atoms with van der Waals surface area (Å²) in [7, 11) is 1.65. The Morgan fingerprint density at radius 3 is 2.89 bits per heavy atom. The van der Waals surface area contributed by atoms with Gasteiger partial charge in [-0.3, -0.25) is 0 Å². The Hall–Kier alpha value is -0.280. The van der Waals surface area contributed by atoms with Gasteiger partial charge in [0.2, 0.25) is 0 Å². The summed E-state index contributed by atoms with van der Waals surface area (Å²) in [6, 6.07) is 5.52. The van der Waals surface area contributed by atoms with Gasteiger partial charge in [-0.1, -0.05) is 48.2 Å². The van der Waals surface area contributed by atoms with Gasteiger partial charge >= 0.3 is 0 Å². The zero-order chi connectivity index (χ0) is 13.2. The summed E-state index contributed by atoms with van der Waals surface area (Å²) in [5.41, 5.74) is 0.0528. The smallest absolute Gasteiger partial charge is 0.0948 e. The Morgan fingerprint density at radius 2 is 2.17 bits per heavy atom. The van der Waals surface area contributed by atoms with Crippen molar-refractivity contribution < 1.29 is 9.84 Å². The Kier molecular flexibility index (Phi) is 4.54. The molecule has 4 heteroatoms. The minimum absolute atomic E-state index is 0.124. The average Bonchev–Trinajstić information content (AvgIpc) is 2.35. The lowest BCUT2D eigenvalue weighted by atomic mass is 9.78. The molecule has 2 rings (SSSR count). The van der Waals surface area contributed by atoms with Gasteiger partial charge in [-0.2, -0.15) is 0 Å². The van der Waals surface area contributed by atoms with Gasteiger partial charge in [0.15, 0.2) is 0 Å². The van der Waals surface area contributed by atoms with Gasteiger partial charge in [0.25, 0.3) is 0 Å². The molecule has 0 bridgehead atoms. The molecule has 0 radical (unpaired) electrons. The Morgan fingerprint density at radius 1 is 1.39 bits per heavy atom. The van der Waals surface area contributed by atoms with Crippen LogP contribution in [-0.4, -0.2) is 23.9 Å². The molecule has 100 valence electrons. The van der Waals surface area contributed by atoms with Crippen molar-refractivity contribution in [1.29, 1.82) is 0 Å². The van der Waals surface area contributed by atoms with Crippen LogP contribution in [0.4, 0.5) is 0 Å². The van der Waals surface area contributed by atoms with E-state index >= 15 is 0 Å². The number of aliphatic hydroxyl groups is 1. The second-order valence-corrected chi connectivity index (χ2v) is 5.75. The third kappa shape index (κ3) is 2.83. The number of methoxy groups -OCH3 is 1. The van der Waals surface area contributed by atoms with Crippen LogP contribution in [0.25, 0.3) is 0 Å². The molecule has 2 atom stereocenters. The maximum atomic E-state index is 10.8. The molecular weight excluding hydrogens is 271 g/mol. The fourth-order valence-corrected chi connectivity index (χ4v) is 3.13. The average molecular weight is 289 g/mol. The van der Waals surface area contributed by atoms with Crippen molar-refractivity contribution in [2.24, 2.45) is 0 Å². The van der Waals surface area contributed by atoms with E-state index in [0.717, 1.165) is 31.2 Å². The van der Waals surface area contributed by atoms with E-state index < -0.39 is 5.60 Å². The monoisotopic (exact) mass is 288 g/mol. The van der Waals surface area contributed by atoms with Crippen molar-refractivity contribution in [3.05, 3.63) is 33.8 Å². The van der Waals surface area contributed by atoms with Gasteiger partial charge in [0.1, 0.15) is 0 Å². The zero-order valence-electron chi connectivity index (χ0n) is 10.5. The zero-order valence-corrected chi connectivity index (χ0v) is 12.0. The first-order valence-corrected chi connectivity index (χ1v) is 7.00. The second-order valence-electron chi connectivity index (χ2n) is 4.96. The summed E-state index contributed by atoms with van der Waals surface area (Å²) < 4.78 is 5.42. The molecule has 0 amide bonds. The molecule has 0 spiro atoms. The molecule has 1 N–H and O–H groups in total. The largest absolute Gasteiger partial charge is 0.387 e. The number of ether oxygens (including phenoxy) is 1. The van der Waals surface area contributed by atoms with Crippen LogP contribution in [0.5, 0.6) is 0 Å². The topological polar surface area (TPSA) is 29.5 Å². The first-order chi connectivity index (χ1) is 8.57. The Balaban J connectivity index is 2.23. The minimum Gasteiger partial charge on any atom is -0.387 e. The molecule has 0 aliphatic heterocycles. The Bertz CT molecular complexity index is 422. The summed E-state index contributed by atoms with van der Waals surface area (Å²) in [5, 5.41) is 11.8. The number of hydrogen-bond acceptors (Lipinski definition) is 2. The molecule has 18 heavy (non-hydrogen) atoms. The van der Waals surface area contributed by atoms with E-state index in [-0.39, 0.29) is 6.10 Å². The van der Waals surface area contributed by atoms with Crippen LogP contribution in [0.15, 0.2) is 18.2 Å². The predicted octanol–water partition coefficient (Wildman–Crippen LogP) is 3.86. The fraction of sp³-hybridized carbons (Fsp3) is 0.571. The van der Waals surface area contributed by atoms with E-state index in [4.69, 9.17) is 27.9 Å². The first-order valence-electron chi connectivity index (χ1n) is 6.25. The molecule has 1 saturated carbocycles. The Labute approximate surface area is 118 Å². The van der Waals surface area contributed by atoms with E-state index in [9.17, 15) is 5.11 Å². The summed E-state index contributed by atoms with van der Waals surface area (Å²) in [6.07, 6.45) is 4.13. The molecule has 1 aromatic rings. The van der Waals surface area contributed by atoms with Crippen LogP contribution in [0, 0.1) is 0 Å². The van der Waals surface area contributed by atoms with Crippen molar-refractivity contribution in [1.82, 2.24) is 0 Å². The second kappa shape index (κ2) is 5.79. The molecule has 2 unspecified atom stereocenters. The van der Waals surface area contributed by atoms with Crippen LogP contribution < -0.4 is 0 Å². The van der Waals surface area contributed by atoms with Crippen LogP contribution in [0.2, 0.25) is 10.0 Å². The van der Waals surface area contributed by atoms with Gasteiger partial charge in [0, 0.05) is 13.5 Å². The SMILES string of the molecule is COC1CCCCC1(O)Cc1cccc(Cl)c1Cl. The highest BCUT2D eigenvalue weighted by Crippen LogP contribution is 2.36. The standard InChI is InChI=1S/C14H18Cl2O2/c1-18-12-7-2-3-8-14(12,17)9-10-5-4-6-11(15)13(10)16/h4-6,12,17H,2-3,7-9H2,1H3. The molecular formula is C14H18Cl2O2. The maximum absolute atomic E-state index is 10.8. The number of hydrogen-bond donors (Lipinski definition) is 1. The minimum atomic E-state index is -0.832. The lowest BCUT2D eigenvalue weighted by molar-refractivity contribution is -0.116. The normalized spacial score (nSPS) is 28.3. The van der Waals surface area contributed by atoms with Gasteiger partial charge in [0.05, 0.1) is 21.8 Å². The van der Waals surface area contributed by atoms with Crippen molar-refractivity contribution in [2.75, 3.05) is 7.11 Å². The highest BCUT2D eigenvalue weighted by molar-refractivity contribution is 6.42. The van der Waals surface area contributed by atoms with E-state index in [0.29, 0.717) is 16.5 Å². The quantitative estimate of drug-likeness (QED) is 0.915. The fourth-order valence-electron chi connectivity index (χ4n) is 2.74. The summed E-state index contributed by atoms with van der Waals surface area (Å²) >= 11 is 12.2. The maximum Gasteiger partial charge on any atom is 0.0948 e. The summed E-state index contributed by atoms with van der Waals surface area (Å²) in [5.74, 6) is 0. The van der Waals surface area contributed by atoms with Crippen molar-refractivity contribution in [3.63, 3.8) is 0 Å². The van der Waals surface area contributed by atoms with Crippen molar-refractivity contribution >= 4 is 23.2 Å². The number of halogens is 2. The van der Waals surface area contributed by atoms with E-state index in [1.165, 1.54) is 0 Å². The van der Waals surface area contributed by atoms with Crippen LogP contribution in [0.3, 0.4) is 0 Å². The molecule has 0 saturated heterocycles. The van der Waals surface area contributed by atoms with Gasteiger partial charge in [-0.25, -0.2) is 0 Å². The van der Waals surface area contributed by atoms with Gasteiger partial charge in [-0.15, -0.1) is 0 Å². The van der Waals surface area contributed by atoms with E-state index in [1.54, 1.807) is 13.2 Å². The van der Waals surface area contributed by atoms with Crippen molar-refractivity contribution in [2.45, 2.75) is 43.8 Å². The summed E-state index contributed by atoms with van der Waals surface area (Å²) in [6.45, 7) is 0. The third-order valence-electron chi connectivity index (χ3n) is 3.74. The van der Waals surface area contributed by atoms with Crippen LogP contribution in [-0.2, 0) is 11.2 Å². The van der Waals surface area contributed by atoms with Gasteiger partial charge < -0.3 is 9.84 Å². The molecule has 0 heterocycles. The molecule has 1 aliphatic rings.